The number of nitrogens with zero attached hydrogens (tertiary/aromatic N) is 5. The summed E-state index contributed by atoms with van der Waals surface area (Å²) in [4.78, 5) is 21.5. The Morgan fingerprint density at radius 2 is 1.86 bits per heavy atom. The lowest BCUT2D eigenvalue weighted by Crippen LogP contribution is -2.49. The minimum Gasteiger partial charge on any atom is -0.497 e. The van der Waals surface area contributed by atoms with Gasteiger partial charge in [-0.15, -0.1) is 0 Å². The fourth-order valence-electron chi connectivity index (χ4n) is 3.67. The average molecular weight is 398 g/mol. The highest BCUT2D eigenvalue weighted by molar-refractivity contribution is 7.22. The molecule has 8 heteroatoms. The van der Waals surface area contributed by atoms with Crippen molar-refractivity contribution in [1.82, 2.24) is 19.7 Å². The van der Waals surface area contributed by atoms with Gasteiger partial charge in [-0.1, -0.05) is 11.3 Å². The predicted octanol–water partition coefficient (Wildman–Crippen LogP) is 2.86. The van der Waals surface area contributed by atoms with Gasteiger partial charge in [0.05, 0.1) is 23.2 Å². The molecule has 28 heavy (non-hydrogen) atoms. The number of amides is 1. The van der Waals surface area contributed by atoms with Gasteiger partial charge in [0.25, 0.3) is 0 Å². The van der Waals surface area contributed by atoms with E-state index >= 15 is 0 Å². The van der Waals surface area contributed by atoms with E-state index in [0.29, 0.717) is 11.8 Å². The Morgan fingerprint density at radius 1 is 1.14 bits per heavy atom. The van der Waals surface area contributed by atoms with E-state index in [4.69, 9.17) is 9.72 Å². The summed E-state index contributed by atoms with van der Waals surface area (Å²) in [5, 5.41) is 5.69. The third kappa shape index (κ3) is 3.01. The normalized spacial score (nSPS) is 17.4. The molecular weight excluding hydrogens is 374 g/mol. The average Bonchev–Trinajstić information content (AvgIpc) is 3.42. The summed E-state index contributed by atoms with van der Waals surface area (Å²) < 4.78 is 8.26. The second-order valence-corrected chi connectivity index (χ2v) is 8.41. The van der Waals surface area contributed by atoms with E-state index in [2.05, 4.69) is 10.00 Å². The first kappa shape index (κ1) is 17.5. The quantitative estimate of drug-likeness (QED) is 0.677. The lowest BCUT2D eigenvalue weighted by Gasteiger charge is -2.34. The third-order valence-electron chi connectivity index (χ3n) is 5.48. The van der Waals surface area contributed by atoms with Crippen molar-refractivity contribution in [2.24, 2.45) is 5.92 Å². The molecule has 0 atom stereocenters. The predicted molar refractivity (Wildman–Crippen MR) is 110 cm³/mol. The van der Waals surface area contributed by atoms with Crippen LogP contribution in [0.25, 0.3) is 16.0 Å². The van der Waals surface area contributed by atoms with Crippen molar-refractivity contribution < 1.29 is 9.53 Å². The first-order chi connectivity index (χ1) is 13.6. The number of rotatable bonds is 4. The molecule has 0 N–H and O–H groups in total. The van der Waals surface area contributed by atoms with Crippen LogP contribution in [-0.4, -0.2) is 58.9 Å². The van der Waals surface area contributed by atoms with Gasteiger partial charge in [-0.3, -0.25) is 4.79 Å². The number of benzene rings is 1. The topological polar surface area (TPSA) is 63.5 Å². The molecule has 2 aliphatic rings. The molecule has 0 radical (unpaired) electrons. The first-order valence-corrected chi connectivity index (χ1v) is 10.5. The van der Waals surface area contributed by atoms with Gasteiger partial charge in [-0.05, 0) is 44.0 Å². The second kappa shape index (κ2) is 6.77. The maximum absolute atomic E-state index is 12.3. The molecule has 0 unspecified atom stereocenters. The maximum Gasteiger partial charge on any atom is 0.225 e. The Labute approximate surface area is 167 Å². The van der Waals surface area contributed by atoms with Gasteiger partial charge in [0.1, 0.15) is 5.75 Å². The molecule has 0 bridgehead atoms. The Kier molecular flexibility index (Phi) is 4.23. The number of aryl methyl sites for hydroxylation is 1. The number of carbonyl (C=O) groups excluding carboxylic acids is 1. The smallest absolute Gasteiger partial charge is 0.225 e. The Hall–Kier alpha value is -2.61. The third-order valence-corrected chi connectivity index (χ3v) is 6.70. The number of thiazole rings is 1. The molecule has 146 valence electrons. The van der Waals surface area contributed by atoms with E-state index in [0.717, 1.165) is 71.6 Å². The van der Waals surface area contributed by atoms with Crippen LogP contribution in [0.2, 0.25) is 0 Å². The van der Waals surface area contributed by atoms with Gasteiger partial charge < -0.3 is 14.5 Å². The first-order valence-electron chi connectivity index (χ1n) is 9.68. The van der Waals surface area contributed by atoms with Crippen molar-refractivity contribution in [3.05, 3.63) is 30.0 Å². The Morgan fingerprint density at radius 3 is 2.50 bits per heavy atom. The minimum atomic E-state index is 0.298. The van der Waals surface area contributed by atoms with Crippen LogP contribution in [0.5, 0.6) is 5.75 Å². The zero-order valence-electron chi connectivity index (χ0n) is 16.1. The van der Waals surface area contributed by atoms with Crippen LogP contribution < -0.4 is 9.64 Å². The van der Waals surface area contributed by atoms with Gasteiger partial charge in [-0.25, -0.2) is 4.68 Å². The van der Waals surface area contributed by atoms with Crippen LogP contribution in [-0.2, 0) is 4.79 Å². The molecule has 5 rings (SSSR count). The van der Waals surface area contributed by atoms with Crippen LogP contribution in [0.15, 0.2) is 24.3 Å². The van der Waals surface area contributed by atoms with E-state index in [9.17, 15) is 4.79 Å². The van der Waals surface area contributed by atoms with Crippen molar-refractivity contribution in [2.45, 2.75) is 19.8 Å². The molecule has 2 aromatic heterocycles. The molecule has 1 saturated heterocycles. The van der Waals surface area contributed by atoms with Crippen LogP contribution in [0.1, 0.15) is 18.5 Å². The highest BCUT2D eigenvalue weighted by Gasteiger charge is 2.35. The Bertz CT molecular complexity index is 1010. The molecular formula is C20H23N5O2S. The van der Waals surface area contributed by atoms with Crippen molar-refractivity contribution in [1.29, 1.82) is 0 Å². The van der Waals surface area contributed by atoms with Crippen LogP contribution in [0.3, 0.4) is 0 Å². The lowest BCUT2D eigenvalue weighted by molar-refractivity contribution is -0.132. The largest absolute Gasteiger partial charge is 0.497 e. The Balaban J connectivity index is 1.38. The van der Waals surface area contributed by atoms with E-state index in [-0.39, 0.29) is 0 Å². The molecule has 7 nitrogen and oxygen atoms in total. The maximum atomic E-state index is 12.3. The number of aromatic nitrogens is 3. The summed E-state index contributed by atoms with van der Waals surface area (Å²) in [5.41, 5.74) is 2.84. The lowest BCUT2D eigenvalue weighted by atomic mass is 10.3. The SMILES string of the molecule is COc1ccc(-n2nc(C)c3sc(N4CCN(C(=O)C5CC5)CC4)nc32)cc1. The zero-order chi connectivity index (χ0) is 19.3. The molecule has 1 aliphatic heterocycles. The monoisotopic (exact) mass is 397 g/mol. The molecule has 1 aromatic carbocycles. The number of methoxy groups -OCH3 is 1. The molecule has 1 aliphatic carbocycles. The molecule has 2 fully saturated rings. The van der Waals surface area contributed by atoms with E-state index in [1.54, 1.807) is 18.4 Å². The highest BCUT2D eigenvalue weighted by atomic mass is 32.1. The fourth-order valence-corrected chi connectivity index (χ4v) is 4.71. The molecule has 1 saturated carbocycles. The van der Waals surface area contributed by atoms with Gasteiger partial charge in [-0.2, -0.15) is 10.1 Å². The van der Waals surface area contributed by atoms with Gasteiger partial charge in [0.2, 0.25) is 5.91 Å². The summed E-state index contributed by atoms with van der Waals surface area (Å²) in [7, 11) is 1.66. The van der Waals surface area contributed by atoms with E-state index < -0.39 is 0 Å². The van der Waals surface area contributed by atoms with Gasteiger partial charge >= 0.3 is 0 Å². The summed E-state index contributed by atoms with van der Waals surface area (Å²) >= 11 is 1.69. The molecule has 3 heterocycles. The number of hydrogen-bond acceptors (Lipinski definition) is 6. The van der Waals surface area contributed by atoms with Crippen LogP contribution in [0.4, 0.5) is 5.13 Å². The second-order valence-electron chi connectivity index (χ2n) is 7.43. The number of piperazine rings is 1. The van der Waals surface area contributed by atoms with Crippen molar-refractivity contribution >= 4 is 32.7 Å². The van der Waals surface area contributed by atoms with Crippen LogP contribution in [0, 0.1) is 12.8 Å². The number of hydrogen-bond donors (Lipinski definition) is 0. The van der Waals surface area contributed by atoms with Gasteiger partial charge in [0, 0.05) is 32.1 Å². The van der Waals surface area contributed by atoms with E-state index in [1.807, 2.05) is 40.8 Å². The van der Waals surface area contributed by atoms with E-state index in [1.165, 1.54) is 0 Å². The molecule has 1 amide bonds. The molecule has 3 aromatic rings. The van der Waals surface area contributed by atoms with Crippen molar-refractivity contribution in [3.63, 3.8) is 0 Å². The van der Waals surface area contributed by atoms with Crippen molar-refractivity contribution in [2.75, 3.05) is 38.2 Å². The number of ether oxygens (including phenoxy) is 1. The molecule has 0 spiro atoms. The zero-order valence-corrected chi connectivity index (χ0v) is 16.9. The number of fused-ring (bicyclic) bond motifs is 1. The number of carbonyl (C=O) groups is 1. The highest BCUT2D eigenvalue weighted by Crippen LogP contribution is 2.34. The van der Waals surface area contributed by atoms with Gasteiger partial charge in [0.15, 0.2) is 10.8 Å². The van der Waals surface area contributed by atoms with Crippen molar-refractivity contribution in [3.8, 4) is 11.4 Å². The fraction of sp³-hybridized carbons (Fsp3) is 0.450. The summed E-state index contributed by atoms with van der Waals surface area (Å²) in [6, 6.07) is 7.85. The minimum absolute atomic E-state index is 0.298. The standard InChI is InChI=1S/C20H23N5O2S/c1-13-17-18(25(22-13)15-5-7-16(27-2)8-6-15)21-20(28-17)24-11-9-23(10-12-24)19(26)14-3-4-14/h5-8,14H,3-4,9-12H2,1-2H3. The number of anilines is 1. The summed E-state index contributed by atoms with van der Waals surface area (Å²) in [6.45, 7) is 5.27. The summed E-state index contributed by atoms with van der Waals surface area (Å²) in [6.07, 6.45) is 2.14. The summed E-state index contributed by atoms with van der Waals surface area (Å²) in [5.74, 6) is 1.46. The van der Waals surface area contributed by atoms with Crippen LogP contribution >= 0.6 is 11.3 Å².